The first kappa shape index (κ1) is 19.2. The lowest BCUT2D eigenvalue weighted by Crippen LogP contribution is -2.41. The summed E-state index contributed by atoms with van der Waals surface area (Å²) >= 11 is 0. The summed E-state index contributed by atoms with van der Waals surface area (Å²) < 4.78 is 28.5. The zero-order valence-corrected chi connectivity index (χ0v) is 15.2. The van der Waals surface area contributed by atoms with E-state index in [9.17, 15) is 18.6 Å². The molecule has 0 spiro atoms. The van der Waals surface area contributed by atoms with E-state index in [0.717, 1.165) is 12.8 Å². The molecule has 136 valence electrons. The summed E-state index contributed by atoms with van der Waals surface area (Å²) in [5.74, 6) is 0.847. The van der Waals surface area contributed by atoms with Crippen LogP contribution in [0, 0.1) is 11.8 Å². The molecule has 4 unspecified atom stereocenters. The van der Waals surface area contributed by atoms with Crippen molar-refractivity contribution in [3.05, 3.63) is 24.3 Å². The van der Waals surface area contributed by atoms with Crippen molar-refractivity contribution in [1.82, 2.24) is 5.32 Å². The van der Waals surface area contributed by atoms with E-state index in [0.29, 0.717) is 18.1 Å². The van der Waals surface area contributed by atoms with E-state index in [-0.39, 0.29) is 23.5 Å². The monoisotopic (exact) mass is 357 g/mol. The molecule has 0 aromatic heterocycles. The van der Waals surface area contributed by atoms with Crippen LogP contribution in [0.2, 0.25) is 0 Å². The number of rotatable bonds is 7. The van der Waals surface area contributed by atoms with E-state index in [2.05, 4.69) is 19.2 Å². The molecule has 0 saturated heterocycles. The van der Waals surface area contributed by atoms with Gasteiger partial charge in [-0.2, -0.15) is 0 Å². The van der Waals surface area contributed by atoms with Crippen molar-refractivity contribution >= 4 is 9.84 Å². The van der Waals surface area contributed by atoms with E-state index in [1.54, 1.807) is 12.1 Å². The van der Waals surface area contributed by atoms with Crippen LogP contribution in [0.1, 0.15) is 20.3 Å². The lowest BCUT2D eigenvalue weighted by Gasteiger charge is -2.19. The molecule has 7 heteroatoms. The minimum absolute atomic E-state index is 0.136. The molecule has 1 saturated carbocycles. The second-order valence-corrected chi connectivity index (χ2v) is 8.96. The van der Waals surface area contributed by atoms with Gasteiger partial charge in [0.15, 0.2) is 9.84 Å². The minimum atomic E-state index is -3.22. The maximum absolute atomic E-state index is 11.4. The predicted octanol–water partition coefficient (Wildman–Crippen LogP) is 0.825. The summed E-state index contributed by atoms with van der Waals surface area (Å²) in [7, 11) is -3.22. The van der Waals surface area contributed by atoms with Gasteiger partial charge in [0.25, 0.3) is 0 Å². The third-order valence-corrected chi connectivity index (χ3v) is 5.43. The highest BCUT2D eigenvalue weighted by Gasteiger charge is 2.41. The summed E-state index contributed by atoms with van der Waals surface area (Å²) in [4.78, 5) is 0.240. The van der Waals surface area contributed by atoms with Crippen molar-refractivity contribution in [2.45, 2.75) is 43.4 Å². The standard InChI is InChI=1S/C17H27NO5S/c1-11(2)9-18-15-8-12(16(19)17(15)20)10-23-13-4-6-14(7-5-13)24(3,21)22/h4-7,11-12,15-20H,8-10H2,1-3H3. The van der Waals surface area contributed by atoms with Gasteiger partial charge in [-0.1, -0.05) is 13.8 Å². The van der Waals surface area contributed by atoms with Crippen LogP contribution in [0.4, 0.5) is 0 Å². The van der Waals surface area contributed by atoms with Gasteiger partial charge in [-0.3, -0.25) is 0 Å². The van der Waals surface area contributed by atoms with Crippen molar-refractivity contribution in [3.8, 4) is 5.75 Å². The Kier molecular flexibility index (Phi) is 6.25. The van der Waals surface area contributed by atoms with Gasteiger partial charge in [0.2, 0.25) is 0 Å². The molecule has 1 aliphatic carbocycles. The van der Waals surface area contributed by atoms with Gasteiger partial charge in [-0.15, -0.1) is 0 Å². The first-order valence-corrected chi connectivity index (χ1v) is 10.1. The molecule has 1 fully saturated rings. The zero-order valence-electron chi connectivity index (χ0n) is 14.3. The first-order chi connectivity index (χ1) is 11.2. The molecule has 0 aliphatic heterocycles. The van der Waals surface area contributed by atoms with Crippen molar-refractivity contribution in [3.63, 3.8) is 0 Å². The number of ether oxygens (including phenoxy) is 1. The Morgan fingerprint density at radius 3 is 2.38 bits per heavy atom. The lowest BCUT2D eigenvalue weighted by atomic mass is 10.1. The fourth-order valence-electron chi connectivity index (χ4n) is 2.87. The average Bonchev–Trinajstić information content (AvgIpc) is 2.78. The molecule has 4 atom stereocenters. The number of nitrogens with one attached hydrogen (secondary N) is 1. The largest absolute Gasteiger partial charge is 0.493 e. The number of sulfone groups is 1. The van der Waals surface area contributed by atoms with Crippen LogP contribution in [-0.4, -0.2) is 56.3 Å². The molecule has 3 N–H and O–H groups in total. The molecule has 1 aromatic rings. The highest BCUT2D eigenvalue weighted by atomic mass is 32.2. The molecule has 0 heterocycles. The SMILES string of the molecule is CC(C)CNC1CC(COc2ccc(S(C)(=O)=O)cc2)C(O)C1O. The fraction of sp³-hybridized carbons (Fsp3) is 0.647. The van der Waals surface area contributed by atoms with E-state index in [1.165, 1.54) is 12.1 Å². The Hall–Kier alpha value is -1.15. The lowest BCUT2D eigenvalue weighted by molar-refractivity contribution is 0.00202. The summed E-state index contributed by atoms with van der Waals surface area (Å²) in [6, 6.07) is 6.06. The van der Waals surface area contributed by atoms with Crippen LogP contribution >= 0.6 is 0 Å². The summed E-state index contributed by atoms with van der Waals surface area (Å²) in [6.45, 7) is 5.24. The maximum Gasteiger partial charge on any atom is 0.175 e. The molecule has 6 nitrogen and oxygen atoms in total. The van der Waals surface area contributed by atoms with Crippen LogP contribution in [0.25, 0.3) is 0 Å². The van der Waals surface area contributed by atoms with Gasteiger partial charge in [-0.25, -0.2) is 8.42 Å². The van der Waals surface area contributed by atoms with Crippen molar-refractivity contribution in [1.29, 1.82) is 0 Å². The van der Waals surface area contributed by atoms with Crippen LogP contribution in [0.5, 0.6) is 5.75 Å². The first-order valence-electron chi connectivity index (χ1n) is 8.21. The van der Waals surface area contributed by atoms with E-state index in [1.807, 2.05) is 0 Å². The molecule has 1 aliphatic rings. The molecule has 24 heavy (non-hydrogen) atoms. The summed E-state index contributed by atoms with van der Waals surface area (Å²) in [6.07, 6.45) is 0.162. The van der Waals surface area contributed by atoms with E-state index >= 15 is 0 Å². The number of hydrogen-bond acceptors (Lipinski definition) is 6. The quantitative estimate of drug-likeness (QED) is 0.669. The van der Waals surface area contributed by atoms with Crippen molar-refractivity contribution in [2.24, 2.45) is 11.8 Å². The summed E-state index contributed by atoms with van der Waals surface area (Å²) in [5, 5.41) is 23.6. The molecular formula is C17H27NO5S. The third-order valence-electron chi connectivity index (χ3n) is 4.31. The van der Waals surface area contributed by atoms with Gasteiger partial charge in [0, 0.05) is 18.2 Å². The number of hydrogen-bond donors (Lipinski definition) is 3. The molecule has 0 amide bonds. The van der Waals surface area contributed by atoms with Crippen LogP contribution in [0.3, 0.4) is 0 Å². The van der Waals surface area contributed by atoms with Crippen molar-refractivity contribution < 1.29 is 23.4 Å². The Bertz CT molecular complexity index is 629. The van der Waals surface area contributed by atoms with Gasteiger partial charge >= 0.3 is 0 Å². The fourth-order valence-corrected chi connectivity index (χ4v) is 3.50. The minimum Gasteiger partial charge on any atom is -0.493 e. The van der Waals surface area contributed by atoms with Gasteiger partial charge in [0.1, 0.15) is 5.75 Å². The maximum atomic E-state index is 11.4. The third kappa shape index (κ3) is 4.92. The topological polar surface area (TPSA) is 95.9 Å². The van der Waals surface area contributed by atoms with E-state index < -0.39 is 22.0 Å². The Morgan fingerprint density at radius 1 is 1.21 bits per heavy atom. The number of aliphatic hydroxyl groups excluding tert-OH is 2. The predicted molar refractivity (Wildman–Crippen MR) is 91.8 cm³/mol. The molecule has 2 rings (SSSR count). The Labute approximate surface area is 143 Å². The van der Waals surface area contributed by atoms with Crippen LogP contribution < -0.4 is 10.1 Å². The van der Waals surface area contributed by atoms with Gasteiger partial charge in [0.05, 0.1) is 23.7 Å². The molecular weight excluding hydrogens is 330 g/mol. The normalized spacial score (nSPS) is 27.6. The second kappa shape index (κ2) is 7.82. The van der Waals surface area contributed by atoms with E-state index in [4.69, 9.17) is 4.74 Å². The highest BCUT2D eigenvalue weighted by Crippen LogP contribution is 2.28. The zero-order chi connectivity index (χ0) is 17.9. The number of aliphatic hydroxyl groups is 2. The number of benzene rings is 1. The van der Waals surface area contributed by atoms with Gasteiger partial charge in [-0.05, 0) is 43.1 Å². The molecule has 1 aromatic carbocycles. The van der Waals surface area contributed by atoms with Gasteiger partial charge < -0.3 is 20.3 Å². The Morgan fingerprint density at radius 2 is 1.83 bits per heavy atom. The smallest absolute Gasteiger partial charge is 0.175 e. The Balaban J connectivity index is 1.90. The van der Waals surface area contributed by atoms with Crippen LogP contribution in [-0.2, 0) is 9.84 Å². The van der Waals surface area contributed by atoms with Crippen molar-refractivity contribution in [2.75, 3.05) is 19.4 Å². The van der Waals surface area contributed by atoms with Crippen LogP contribution in [0.15, 0.2) is 29.2 Å². The molecule has 0 radical (unpaired) electrons. The highest BCUT2D eigenvalue weighted by molar-refractivity contribution is 7.90. The summed E-state index contributed by atoms with van der Waals surface area (Å²) in [5.41, 5.74) is 0. The molecule has 0 bridgehead atoms. The average molecular weight is 357 g/mol. The second-order valence-electron chi connectivity index (χ2n) is 6.94.